The minimum absolute atomic E-state index is 0.166. The fraction of sp³-hybridized carbons (Fsp3) is 0.233. The zero-order valence-corrected chi connectivity index (χ0v) is 22.4. The number of aryl methyl sites for hydroxylation is 1. The van der Waals surface area contributed by atoms with E-state index in [2.05, 4.69) is 25.7 Å². The lowest BCUT2D eigenvalue weighted by molar-refractivity contribution is -0.118. The van der Waals surface area contributed by atoms with Crippen molar-refractivity contribution in [2.24, 2.45) is 0 Å². The first-order chi connectivity index (χ1) is 19.0. The molecular formula is C30H29FN6OS. The third-order valence-electron chi connectivity index (χ3n) is 7.19. The number of anilines is 4. The molecule has 6 rings (SSSR count). The predicted molar refractivity (Wildman–Crippen MR) is 155 cm³/mol. The van der Waals surface area contributed by atoms with Crippen molar-refractivity contribution >= 4 is 41.0 Å². The van der Waals surface area contributed by atoms with Gasteiger partial charge in [0, 0.05) is 35.4 Å². The van der Waals surface area contributed by atoms with Gasteiger partial charge in [-0.25, -0.2) is 9.37 Å². The number of amides is 1. The van der Waals surface area contributed by atoms with E-state index < -0.39 is 11.2 Å². The van der Waals surface area contributed by atoms with Gasteiger partial charge in [-0.3, -0.25) is 9.52 Å². The Hall–Kier alpha value is -3.95. The summed E-state index contributed by atoms with van der Waals surface area (Å²) in [6, 6.07) is 20.8. The highest BCUT2D eigenvalue weighted by Gasteiger charge is 2.52. The van der Waals surface area contributed by atoms with E-state index in [1.165, 1.54) is 6.07 Å². The highest BCUT2D eigenvalue weighted by molar-refractivity contribution is 7.97. The summed E-state index contributed by atoms with van der Waals surface area (Å²) in [7, 11) is 0. The highest BCUT2D eigenvalue weighted by atomic mass is 32.2. The number of nitrogens with zero attached hydrogens (tertiary/aromatic N) is 2. The van der Waals surface area contributed by atoms with Crippen LogP contribution >= 0.6 is 11.9 Å². The van der Waals surface area contributed by atoms with Crippen LogP contribution in [0.3, 0.4) is 0 Å². The second-order valence-corrected chi connectivity index (χ2v) is 10.9. The molecule has 9 heteroatoms. The lowest BCUT2D eigenvalue weighted by atomic mass is 9.91. The number of carbonyl (C=O) groups excluding carboxylic acids is 1. The van der Waals surface area contributed by atoms with Crippen LogP contribution in [0.2, 0.25) is 0 Å². The number of benzene rings is 3. The first-order valence-corrected chi connectivity index (χ1v) is 13.9. The van der Waals surface area contributed by atoms with Gasteiger partial charge in [-0.15, -0.1) is 0 Å². The van der Waals surface area contributed by atoms with Crippen LogP contribution < -0.4 is 20.7 Å². The molecule has 1 aliphatic heterocycles. The molecule has 1 fully saturated rings. The van der Waals surface area contributed by atoms with Crippen molar-refractivity contribution in [3.63, 3.8) is 0 Å². The molecule has 39 heavy (non-hydrogen) atoms. The molecule has 1 amide bonds. The van der Waals surface area contributed by atoms with E-state index in [4.69, 9.17) is 4.98 Å². The van der Waals surface area contributed by atoms with Crippen LogP contribution in [0, 0.1) is 12.7 Å². The smallest absolute Gasteiger partial charge is 0.235 e. The van der Waals surface area contributed by atoms with Gasteiger partial charge < -0.3 is 16.0 Å². The SMILES string of the molecule is Cc1ccccc1C1(C(=O)Nc2ccc(-c3cnc4nc3NCCCNSc3cccc(c3)N4)cc2F)CC1. The van der Waals surface area contributed by atoms with Crippen LogP contribution in [0.4, 0.5) is 27.5 Å². The van der Waals surface area contributed by atoms with Gasteiger partial charge in [0.25, 0.3) is 0 Å². The average molecular weight is 541 g/mol. The van der Waals surface area contributed by atoms with Gasteiger partial charge in [-0.05, 0) is 85.2 Å². The Labute approximate surface area is 231 Å². The Bertz CT molecular complexity index is 1540. The second kappa shape index (κ2) is 10.7. The zero-order chi connectivity index (χ0) is 26.8. The zero-order valence-electron chi connectivity index (χ0n) is 21.6. The van der Waals surface area contributed by atoms with Crippen LogP contribution in [-0.4, -0.2) is 29.0 Å². The number of rotatable bonds is 4. The molecule has 4 N–H and O–H groups in total. The molecule has 0 unspecified atom stereocenters. The maximum absolute atomic E-state index is 15.3. The molecule has 1 saturated carbocycles. The van der Waals surface area contributed by atoms with Crippen molar-refractivity contribution in [1.82, 2.24) is 14.7 Å². The van der Waals surface area contributed by atoms with E-state index in [0.717, 1.165) is 47.5 Å². The molecule has 2 aliphatic rings. The standard InChI is InChI=1S/C30H29FN6OS/c1-19-6-2-3-9-24(19)30(12-13-30)28(38)36-26-11-10-20(16-25(26)31)23-18-33-29-35-21-7-4-8-22(17-21)39-34-15-5-14-32-27(23)37-29/h2-4,6-11,16-18,34H,5,12-15H2,1H3,(H,36,38)(H2,32,33,35,37). The van der Waals surface area contributed by atoms with Gasteiger partial charge in [-0.2, -0.15) is 4.98 Å². The van der Waals surface area contributed by atoms with Gasteiger partial charge in [0.15, 0.2) is 0 Å². The van der Waals surface area contributed by atoms with E-state index in [1.54, 1.807) is 30.3 Å². The molecular weight excluding hydrogens is 511 g/mol. The molecule has 0 radical (unpaired) electrons. The molecule has 0 spiro atoms. The summed E-state index contributed by atoms with van der Waals surface area (Å²) >= 11 is 1.59. The van der Waals surface area contributed by atoms with Gasteiger partial charge >= 0.3 is 0 Å². The Balaban J connectivity index is 1.25. The summed E-state index contributed by atoms with van der Waals surface area (Å²) in [4.78, 5) is 23.5. The minimum atomic E-state index is -0.585. The Morgan fingerprint density at radius 1 is 1.05 bits per heavy atom. The van der Waals surface area contributed by atoms with Crippen LogP contribution in [0.25, 0.3) is 11.1 Å². The van der Waals surface area contributed by atoms with Crippen molar-refractivity contribution in [2.75, 3.05) is 29.0 Å². The minimum Gasteiger partial charge on any atom is -0.369 e. The number of hydrogen-bond donors (Lipinski definition) is 4. The summed E-state index contributed by atoms with van der Waals surface area (Å²) in [6.45, 7) is 3.51. The number of carbonyl (C=O) groups is 1. The van der Waals surface area contributed by atoms with Crippen LogP contribution in [0.15, 0.2) is 77.8 Å². The lowest BCUT2D eigenvalue weighted by Crippen LogP contribution is -2.28. The molecule has 0 atom stereocenters. The van der Waals surface area contributed by atoms with Crippen molar-refractivity contribution < 1.29 is 9.18 Å². The molecule has 4 aromatic rings. The van der Waals surface area contributed by atoms with Crippen molar-refractivity contribution in [3.8, 4) is 11.1 Å². The summed E-state index contributed by atoms with van der Waals surface area (Å²) in [5.74, 6) is 0.394. The van der Waals surface area contributed by atoms with E-state index >= 15 is 4.39 Å². The van der Waals surface area contributed by atoms with Crippen molar-refractivity contribution in [2.45, 2.75) is 36.5 Å². The average Bonchev–Trinajstić information content (AvgIpc) is 3.74. The first kappa shape index (κ1) is 25.3. The van der Waals surface area contributed by atoms with Gasteiger partial charge in [0.1, 0.15) is 11.6 Å². The van der Waals surface area contributed by atoms with Gasteiger partial charge in [0.05, 0.1) is 11.1 Å². The van der Waals surface area contributed by atoms with Crippen LogP contribution in [0.5, 0.6) is 0 Å². The molecule has 1 aromatic heterocycles. The normalized spacial score (nSPS) is 15.9. The second-order valence-electron chi connectivity index (χ2n) is 9.93. The summed E-state index contributed by atoms with van der Waals surface area (Å²) in [5.41, 5.74) is 3.85. The predicted octanol–water partition coefficient (Wildman–Crippen LogP) is 6.42. The van der Waals surface area contributed by atoms with E-state index in [9.17, 15) is 4.79 Å². The third kappa shape index (κ3) is 5.32. The van der Waals surface area contributed by atoms with Crippen LogP contribution in [-0.2, 0) is 10.2 Å². The van der Waals surface area contributed by atoms with Gasteiger partial charge in [-0.1, -0.05) is 36.4 Å². The van der Waals surface area contributed by atoms with E-state index in [0.29, 0.717) is 29.4 Å². The Morgan fingerprint density at radius 3 is 2.74 bits per heavy atom. The molecule has 3 aromatic carbocycles. The number of hydrogen-bond acceptors (Lipinski definition) is 7. The maximum Gasteiger partial charge on any atom is 0.235 e. The van der Waals surface area contributed by atoms with E-state index in [-0.39, 0.29) is 11.6 Å². The maximum atomic E-state index is 15.3. The number of fused-ring (bicyclic) bond motifs is 4. The third-order valence-corrected chi connectivity index (χ3v) is 8.03. The highest BCUT2D eigenvalue weighted by Crippen LogP contribution is 2.50. The van der Waals surface area contributed by atoms with Crippen LogP contribution in [0.1, 0.15) is 30.4 Å². The summed E-state index contributed by atoms with van der Waals surface area (Å²) in [5, 5.41) is 9.48. The Morgan fingerprint density at radius 2 is 1.92 bits per heavy atom. The molecule has 2 heterocycles. The van der Waals surface area contributed by atoms with Crippen molar-refractivity contribution in [1.29, 1.82) is 0 Å². The molecule has 7 nitrogen and oxygen atoms in total. The monoisotopic (exact) mass is 540 g/mol. The fourth-order valence-corrected chi connectivity index (χ4v) is 5.68. The molecule has 1 aliphatic carbocycles. The number of aromatic nitrogens is 2. The topological polar surface area (TPSA) is 91.0 Å². The molecule has 0 saturated heterocycles. The largest absolute Gasteiger partial charge is 0.369 e. The fourth-order valence-electron chi connectivity index (χ4n) is 4.94. The first-order valence-electron chi connectivity index (χ1n) is 13.1. The molecule has 198 valence electrons. The molecule has 4 bridgehead atoms. The number of nitrogens with one attached hydrogen (secondary N) is 4. The van der Waals surface area contributed by atoms with Crippen molar-refractivity contribution in [3.05, 3.63) is 89.9 Å². The Kier molecular flexibility index (Phi) is 6.93. The summed E-state index contributed by atoms with van der Waals surface area (Å²) < 4.78 is 18.7. The number of halogens is 1. The quantitative estimate of drug-likeness (QED) is 0.222. The summed E-state index contributed by atoms with van der Waals surface area (Å²) in [6.07, 6.45) is 4.09. The van der Waals surface area contributed by atoms with Gasteiger partial charge in [0.2, 0.25) is 11.9 Å². The lowest BCUT2D eigenvalue weighted by Gasteiger charge is -2.18. The van der Waals surface area contributed by atoms with E-state index in [1.807, 2.05) is 55.5 Å².